The molecular formula is C13H10N4O2. The smallest absolute Gasteiger partial charge is 0.338 e. The van der Waals surface area contributed by atoms with E-state index in [9.17, 15) is 4.79 Å². The number of carboxylic acid groups (broad SMARTS) is 1. The van der Waals surface area contributed by atoms with Gasteiger partial charge in [-0.05, 0) is 17.7 Å². The Morgan fingerprint density at radius 1 is 1.21 bits per heavy atom. The van der Waals surface area contributed by atoms with Crippen LogP contribution in [0.2, 0.25) is 0 Å². The highest BCUT2D eigenvalue weighted by Gasteiger charge is 2.06. The highest BCUT2D eigenvalue weighted by Crippen LogP contribution is 2.12. The van der Waals surface area contributed by atoms with Crippen LogP contribution in [-0.2, 0) is 6.54 Å². The van der Waals surface area contributed by atoms with Gasteiger partial charge in [-0.3, -0.25) is 14.6 Å². The van der Waals surface area contributed by atoms with Crippen LogP contribution in [0.25, 0.3) is 11.0 Å². The molecule has 94 valence electrons. The van der Waals surface area contributed by atoms with Crippen LogP contribution in [-0.4, -0.2) is 30.8 Å². The molecule has 0 saturated heterocycles. The first-order chi connectivity index (χ1) is 9.22. The molecule has 0 radical (unpaired) electrons. The first kappa shape index (κ1) is 11.3. The highest BCUT2D eigenvalue weighted by atomic mass is 16.4. The van der Waals surface area contributed by atoms with Crippen molar-refractivity contribution in [3.05, 3.63) is 54.1 Å². The molecule has 0 unspecified atom stereocenters. The van der Waals surface area contributed by atoms with Gasteiger partial charge in [0.25, 0.3) is 0 Å². The molecule has 0 aliphatic rings. The minimum atomic E-state index is -0.976. The van der Waals surface area contributed by atoms with Crippen molar-refractivity contribution in [1.29, 1.82) is 0 Å². The molecule has 3 rings (SSSR count). The summed E-state index contributed by atoms with van der Waals surface area (Å²) in [5, 5.41) is 12.8. The molecule has 0 spiro atoms. The molecule has 0 aliphatic carbocycles. The summed E-state index contributed by atoms with van der Waals surface area (Å²) in [6, 6.07) is 5.74. The maximum absolute atomic E-state index is 10.8. The molecule has 19 heavy (non-hydrogen) atoms. The van der Waals surface area contributed by atoms with E-state index < -0.39 is 5.97 Å². The molecule has 0 saturated carbocycles. The van der Waals surface area contributed by atoms with Crippen molar-refractivity contribution >= 4 is 17.0 Å². The number of fused-ring (bicyclic) bond motifs is 1. The van der Waals surface area contributed by atoms with Gasteiger partial charge in [-0.1, -0.05) is 6.07 Å². The minimum absolute atomic E-state index is 0.181. The zero-order valence-electron chi connectivity index (χ0n) is 9.89. The number of aromatic nitrogens is 4. The number of carboxylic acids is 1. The molecule has 1 N–H and O–H groups in total. The topological polar surface area (TPSA) is 80.9 Å². The predicted octanol–water partition coefficient (Wildman–Crippen LogP) is 1.57. The van der Waals surface area contributed by atoms with Crippen LogP contribution in [0.3, 0.4) is 0 Å². The fraction of sp³-hybridized carbons (Fsp3) is 0.0769. The van der Waals surface area contributed by atoms with Crippen molar-refractivity contribution in [3.8, 4) is 0 Å². The second-order valence-electron chi connectivity index (χ2n) is 4.11. The van der Waals surface area contributed by atoms with E-state index in [1.54, 1.807) is 17.1 Å². The third-order valence-corrected chi connectivity index (χ3v) is 2.76. The lowest BCUT2D eigenvalue weighted by Crippen LogP contribution is -2.00. The SMILES string of the molecule is O=C(O)c1cnn(Cc2ccc3nccnc3c2)c1. The van der Waals surface area contributed by atoms with Crippen molar-refractivity contribution in [1.82, 2.24) is 19.7 Å². The lowest BCUT2D eigenvalue weighted by molar-refractivity contribution is 0.0697. The number of benzene rings is 1. The zero-order valence-corrected chi connectivity index (χ0v) is 9.89. The molecule has 0 fully saturated rings. The Balaban J connectivity index is 1.89. The van der Waals surface area contributed by atoms with Gasteiger partial charge in [-0.15, -0.1) is 0 Å². The summed E-state index contributed by atoms with van der Waals surface area (Å²) in [6.45, 7) is 0.500. The van der Waals surface area contributed by atoms with Crippen LogP contribution >= 0.6 is 0 Å². The predicted molar refractivity (Wildman–Crippen MR) is 67.8 cm³/mol. The van der Waals surface area contributed by atoms with Gasteiger partial charge < -0.3 is 5.11 Å². The summed E-state index contributed by atoms with van der Waals surface area (Å²) in [7, 11) is 0. The minimum Gasteiger partial charge on any atom is -0.478 e. The van der Waals surface area contributed by atoms with Crippen molar-refractivity contribution in [3.63, 3.8) is 0 Å². The van der Waals surface area contributed by atoms with E-state index in [1.165, 1.54) is 12.4 Å². The Bertz CT molecular complexity index is 751. The molecule has 6 heteroatoms. The Hall–Kier alpha value is -2.76. The molecule has 0 bridgehead atoms. The van der Waals surface area contributed by atoms with Crippen LogP contribution in [0.5, 0.6) is 0 Å². The molecular weight excluding hydrogens is 244 g/mol. The normalized spacial score (nSPS) is 10.7. The van der Waals surface area contributed by atoms with Crippen LogP contribution in [0.4, 0.5) is 0 Å². The molecule has 6 nitrogen and oxygen atoms in total. The maximum atomic E-state index is 10.8. The summed E-state index contributed by atoms with van der Waals surface area (Å²) < 4.78 is 1.58. The van der Waals surface area contributed by atoms with Gasteiger partial charge in [0.15, 0.2) is 0 Å². The Morgan fingerprint density at radius 3 is 2.74 bits per heavy atom. The van der Waals surface area contributed by atoms with Gasteiger partial charge >= 0.3 is 5.97 Å². The summed E-state index contributed by atoms with van der Waals surface area (Å²) >= 11 is 0. The fourth-order valence-corrected chi connectivity index (χ4v) is 1.85. The van der Waals surface area contributed by atoms with Gasteiger partial charge in [0.1, 0.15) is 0 Å². The zero-order chi connectivity index (χ0) is 13.2. The second-order valence-corrected chi connectivity index (χ2v) is 4.11. The van der Waals surface area contributed by atoms with Crippen LogP contribution in [0.1, 0.15) is 15.9 Å². The Labute approximate surface area is 108 Å². The number of carbonyl (C=O) groups is 1. The number of hydrogen-bond acceptors (Lipinski definition) is 4. The molecule has 0 aliphatic heterocycles. The second kappa shape index (κ2) is 4.49. The third kappa shape index (κ3) is 2.28. The number of hydrogen-bond donors (Lipinski definition) is 1. The number of nitrogens with zero attached hydrogens (tertiary/aromatic N) is 4. The molecule has 3 aromatic rings. The van der Waals surface area contributed by atoms with Crippen molar-refractivity contribution in [2.24, 2.45) is 0 Å². The standard InChI is InChI=1S/C13H10N4O2/c18-13(19)10-6-16-17(8-10)7-9-1-2-11-12(5-9)15-4-3-14-11/h1-6,8H,7H2,(H,18,19). The molecule has 1 aromatic carbocycles. The summed E-state index contributed by atoms with van der Waals surface area (Å²) in [5.74, 6) is -0.976. The van der Waals surface area contributed by atoms with E-state index in [0.717, 1.165) is 16.6 Å². The lowest BCUT2D eigenvalue weighted by Gasteiger charge is -2.03. The van der Waals surface area contributed by atoms with Gasteiger partial charge in [0.05, 0.1) is 29.3 Å². The van der Waals surface area contributed by atoms with Gasteiger partial charge in [-0.25, -0.2) is 4.79 Å². The van der Waals surface area contributed by atoms with Gasteiger partial charge in [0, 0.05) is 18.6 Å². The average Bonchev–Trinajstić information content (AvgIpc) is 2.87. The van der Waals surface area contributed by atoms with E-state index >= 15 is 0 Å². The first-order valence-electron chi connectivity index (χ1n) is 5.68. The summed E-state index contributed by atoms with van der Waals surface area (Å²) in [6.07, 6.45) is 6.13. The monoisotopic (exact) mass is 254 g/mol. The van der Waals surface area contributed by atoms with Crippen LogP contribution in [0, 0.1) is 0 Å². The van der Waals surface area contributed by atoms with Crippen molar-refractivity contribution < 1.29 is 9.90 Å². The summed E-state index contributed by atoms with van der Waals surface area (Å²) in [4.78, 5) is 19.2. The Kier molecular flexibility index (Phi) is 2.68. The largest absolute Gasteiger partial charge is 0.478 e. The van der Waals surface area contributed by atoms with E-state index in [-0.39, 0.29) is 5.56 Å². The highest BCUT2D eigenvalue weighted by molar-refractivity contribution is 5.86. The van der Waals surface area contributed by atoms with Crippen LogP contribution in [0.15, 0.2) is 43.0 Å². The Morgan fingerprint density at radius 2 is 2.00 bits per heavy atom. The number of aromatic carboxylic acids is 1. The molecule has 0 amide bonds. The quantitative estimate of drug-likeness (QED) is 0.767. The molecule has 0 atom stereocenters. The van der Waals surface area contributed by atoms with Crippen molar-refractivity contribution in [2.75, 3.05) is 0 Å². The van der Waals surface area contributed by atoms with E-state index in [4.69, 9.17) is 5.11 Å². The van der Waals surface area contributed by atoms with Crippen LogP contribution < -0.4 is 0 Å². The van der Waals surface area contributed by atoms with Gasteiger partial charge in [0.2, 0.25) is 0 Å². The third-order valence-electron chi connectivity index (χ3n) is 2.76. The fourth-order valence-electron chi connectivity index (χ4n) is 1.85. The molecule has 2 heterocycles. The maximum Gasteiger partial charge on any atom is 0.338 e. The first-order valence-corrected chi connectivity index (χ1v) is 5.68. The van der Waals surface area contributed by atoms with Crippen molar-refractivity contribution in [2.45, 2.75) is 6.54 Å². The molecule has 2 aromatic heterocycles. The average molecular weight is 254 g/mol. The van der Waals surface area contributed by atoms with E-state index in [2.05, 4.69) is 15.1 Å². The lowest BCUT2D eigenvalue weighted by atomic mass is 10.2. The van der Waals surface area contributed by atoms with E-state index in [1.807, 2.05) is 18.2 Å². The van der Waals surface area contributed by atoms with Gasteiger partial charge in [-0.2, -0.15) is 5.10 Å². The van der Waals surface area contributed by atoms with E-state index in [0.29, 0.717) is 6.54 Å². The summed E-state index contributed by atoms with van der Waals surface area (Å²) in [5.41, 5.74) is 2.82. The number of rotatable bonds is 3.